The number of rotatable bonds is 5. The summed E-state index contributed by atoms with van der Waals surface area (Å²) in [6, 6.07) is 14.4. The van der Waals surface area contributed by atoms with E-state index in [1.165, 1.54) is 5.56 Å². The molecule has 0 aliphatic carbocycles. The third-order valence-electron chi connectivity index (χ3n) is 4.84. The molecule has 136 valence electrons. The number of aryl methyl sites for hydroxylation is 3. The molecule has 0 aliphatic heterocycles. The number of carbonyl (C=O) groups excluding carboxylic acids is 1. The molecular formula is C22H26N2O2. The number of hydrogen-bond acceptors (Lipinski definition) is 3. The number of nitrogens with one attached hydrogen (secondary N) is 1. The highest BCUT2D eigenvalue weighted by atomic mass is 16.3. The fourth-order valence-corrected chi connectivity index (χ4v) is 3.55. The van der Waals surface area contributed by atoms with Gasteiger partial charge in [0.2, 0.25) is 0 Å². The fraction of sp³-hybridized carbons (Fsp3) is 0.318. The number of nitrogens with zero attached hydrogens (tertiary/aromatic N) is 1. The predicted octanol–water partition coefficient (Wildman–Crippen LogP) is 4.39. The van der Waals surface area contributed by atoms with Crippen LogP contribution >= 0.6 is 0 Å². The molecule has 1 atom stereocenters. The molecule has 0 aliphatic rings. The van der Waals surface area contributed by atoms with Crippen molar-refractivity contribution in [1.82, 2.24) is 10.2 Å². The number of likely N-dealkylation sites (N-methyl/N-ethyl adjacent to an activating group) is 1. The van der Waals surface area contributed by atoms with Crippen molar-refractivity contribution < 1.29 is 9.21 Å². The van der Waals surface area contributed by atoms with E-state index < -0.39 is 0 Å². The summed E-state index contributed by atoms with van der Waals surface area (Å²) in [4.78, 5) is 14.9. The molecule has 1 N–H and O–H groups in total. The van der Waals surface area contributed by atoms with Crippen LogP contribution in [0.2, 0.25) is 0 Å². The van der Waals surface area contributed by atoms with Crippen molar-refractivity contribution in [3.05, 3.63) is 70.5 Å². The molecule has 3 rings (SSSR count). The summed E-state index contributed by atoms with van der Waals surface area (Å²) in [6.45, 7) is 6.55. The molecule has 3 aromatic rings. The molecule has 1 heterocycles. The maximum atomic E-state index is 12.8. The minimum Gasteiger partial charge on any atom is -0.451 e. The van der Waals surface area contributed by atoms with Crippen LogP contribution in [0, 0.1) is 20.8 Å². The summed E-state index contributed by atoms with van der Waals surface area (Å²) in [5.41, 5.74) is 5.11. The van der Waals surface area contributed by atoms with Crippen LogP contribution in [0.25, 0.3) is 11.0 Å². The zero-order valence-electron chi connectivity index (χ0n) is 16.1. The third-order valence-corrected chi connectivity index (χ3v) is 4.84. The van der Waals surface area contributed by atoms with Gasteiger partial charge in [-0.25, -0.2) is 0 Å². The maximum Gasteiger partial charge on any atom is 0.287 e. The van der Waals surface area contributed by atoms with E-state index in [1.54, 1.807) is 0 Å². The summed E-state index contributed by atoms with van der Waals surface area (Å²) in [5, 5.41) is 4.08. The Hall–Kier alpha value is -2.59. The molecule has 0 saturated carbocycles. The second kappa shape index (κ2) is 7.34. The second-order valence-corrected chi connectivity index (χ2v) is 7.11. The van der Waals surface area contributed by atoms with E-state index in [0.717, 1.165) is 27.7 Å². The quantitative estimate of drug-likeness (QED) is 0.742. The molecule has 0 bridgehead atoms. The lowest BCUT2D eigenvalue weighted by Gasteiger charge is -2.25. The standard InChI is InChI=1S/C22H26N2O2/c1-14-11-15(2)20-16(3)21(26-19(20)12-14)22(25)23-13-18(24(4)5)17-9-7-6-8-10-17/h6-12,18H,13H2,1-5H3,(H,23,25)/t18-/m1/s1. The first-order valence-electron chi connectivity index (χ1n) is 8.88. The largest absolute Gasteiger partial charge is 0.451 e. The summed E-state index contributed by atoms with van der Waals surface area (Å²) in [5.74, 6) is 0.234. The zero-order valence-corrected chi connectivity index (χ0v) is 16.1. The summed E-state index contributed by atoms with van der Waals surface area (Å²) in [6.07, 6.45) is 0. The Morgan fingerprint density at radius 3 is 2.46 bits per heavy atom. The molecule has 1 amide bonds. The first-order valence-corrected chi connectivity index (χ1v) is 8.88. The highest BCUT2D eigenvalue weighted by molar-refractivity contribution is 6.00. The van der Waals surface area contributed by atoms with Crippen molar-refractivity contribution in [2.24, 2.45) is 0 Å². The van der Waals surface area contributed by atoms with Gasteiger partial charge < -0.3 is 14.6 Å². The van der Waals surface area contributed by atoms with Gasteiger partial charge in [-0.3, -0.25) is 4.79 Å². The van der Waals surface area contributed by atoms with Crippen molar-refractivity contribution in [1.29, 1.82) is 0 Å². The lowest BCUT2D eigenvalue weighted by Crippen LogP contribution is -2.34. The molecule has 2 aromatic carbocycles. The van der Waals surface area contributed by atoms with Crippen LogP contribution in [0.1, 0.15) is 38.9 Å². The molecular weight excluding hydrogens is 324 g/mol. The van der Waals surface area contributed by atoms with E-state index in [-0.39, 0.29) is 11.9 Å². The Morgan fingerprint density at radius 2 is 1.81 bits per heavy atom. The Balaban J connectivity index is 1.83. The smallest absolute Gasteiger partial charge is 0.287 e. The Bertz CT molecular complexity index is 926. The monoisotopic (exact) mass is 350 g/mol. The number of fused-ring (bicyclic) bond motifs is 1. The van der Waals surface area contributed by atoms with Crippen LogP contribution in [-0.4, -0.2) is 31.4 Å². The number of hydrogen-bond donors (Lipinski definition) is 1. The molecule has 0 fully saturated rings. The van der Waals surface area contributed by atoms with E-state index in [1.807, 2.05) is 52.2 Å². The van der Waals surface area contributed by atoms with E-state index in [9.17, 15) is 4.79 Å². The van der Waals surface area contributed by atoms with Gasteiger partial charge in [-0.05, 0) is 57.6 Å². The van der Waals surface area contributed by atoms with Crippen LogP contribution < -0.4 is 5.32 Å². The molecule has 0 unspecified atom stereocenters. The van der Waals surface area contributed by atoms with Gasteiger partial charge in [0.15, 0.2) is 5.76 Å². The Kier molecular flexibility index (Phi) is 5.14. The van der Waals surface area contributed by atoms with Crippen molar-refractivity contribution in [3.63, 3.8) is 0 Å². The highest BCUT2D eigenvalue weighted by Crippen LogP contribution is 2.29. The lowest BCUT2D eigenvalue weighted by atomic mass is 10.0. The van der Waals surface area contributed by atoms with Crippen molar-refractivity contribution in [2.75, 3.05) is 20.6 Å². The average molecular weight is 350 g/mol. The lowest BCUT2D eigenvalue weighted by molar-refractivity contribution is 0.0915. The van der Waals surface area contributed by atoms with Crippen LogP contribution in [0.3, 0.4) is 0 Å². The van der Waals surface area contributed by atoms with E-state index in [2.05, 4.69) is 35.3 Å². The molecule has 0 spiro atoms. The molecule has 1 aromatic heterocycles. The summed E-state index contributed by atoms with van der Waals surface area (Å²) in [7, 11) is 4.03. The topological polar surface area (TPSA) is 45.5 Å². The summed E-state index contributed by atoms with van der Waals surface area (Å²) < 4.78 is 5.90. The zero-order chi connectivity index (χ0) is 18.8. The fourth-order valence-electron chi connectivity index (χ4n) is 3.55. The maximum absolute atomic E-state index is 12.8. The van der Waals surface area contributed by atoms with Crippen molar-refractivity contribution in [2.45, 2.75) is 26.8 Å². The predicted molar refractivity (Wildman–Crippen MR) is 106 cm³/mol. The average Bonchev–Trinajstić information content (AvgIpc) is 2.92. The molecule has 0 radical (unpaired) electrons. The minimum absolute atomic E-state index is 0.105. The Labute approximate surface area is 154 Å². The number of amides is 1. The van der Waals surface area contributed by atoms with E-state index >= 15 is 0 Å². The van der Waals surface area contributed by atoms with Gasteiger partial charge in [0, 0.05) is 17.5 Å². The Morgan fingerprint density at radius 1 is 1.12 bits per heavy atom. The molecule has 4 nitrogen and oxygen atoms in total. The van der Waals surface area contributed by atoms with Gasteiger partial charge in [-0.1, -0.05) is 36.4 Å². The molecule has 26 heavy (non-hydrogen) atoms. The second-order valence-electron chi connectivity index (χ2n) is 7.11. The van der Waals surface area contributed by atoms with Crippen molar-refractivity contribution >= 4 is 16.9 Å². The number of benzene rings is 2. The highest BCUT2D eigenvalue weighted by Gasteiger charge is 2.21. The van der Waals surface area contributed by atoms with E-state index in [4.69, 9.17) is 4.42 Å². The summed E-state index contributed by atoms with van der Waals surface area (Å²) >= 11 is 0. The van der Waals surface area contributed by atoms with Gasteiger partial charge in [-0.15, -0.1) is 0 Å². The van der Waals surface area contributed by atoms with Gasteiger partial charge >= 0.3 is 0 Å². The molecule has 0 saturated heterocycles. The van der Waals surface area contributed by atoms with Gasteiger partial charge in [0.05, 0.1) is 6.04 Å². The van der Waals surface area contributed by atoms with Crippen LogP contribution in [0.15, 0.2) is 46.9 Å². The number of furan rings is 1. The van der Waals surface area contributed by atoms with Gasteiger partial charge in [0.1, 0.15) is 5.58 Å². The third kappa shape index (κ3) is 3.51. The van der Waals surface area contributed by atoms with Crippen molar-refractivity contribution in [3.8, 4) is 0 Å². The van der Waals surface area contributed by atoms with Crippen LogP contribution in [0.4, 0.5) is 0 Å². The molecule has 4 heteroatoms. The minimum atomic E-state index is -0.168. The SMILES string of the molecule is Cc1cc(C)c2c(C)c(C(=O)NC[C@H](c3ccccc3)N(C)C)oc2c1. The number of carbonyl (C=O) groups is 1. The first kappa shape index (κ1) is 18.2. The first-order chi connectivity index (χ1) is 12.4. The van der Waals surface area contributed by atoms with Crippen LogP contribution in [0.5, 0.6) is 0 Å². The van der Waals surface area contributed by atoms with Gasteiger partial charge in [-0.2, -0.15) is 0 Å². The van der Waals surface area contributed by atoms with Gasteiger partial charge in [0.25, 0.3) is 5.91 Å². The van der Waals surface area contributed by atoms with Crippen LogP contribution in [-0.2, 0) is 0 Å². The van der Waals surface area contributed by atoms with E-state index in [0.29, 0.717) is 12.3 Å². The normalized spacial score (nSPS) is 12.5.